The molecular weight excluding hydrogens is 311 g/mol. The van der Waals surface area contributed by atoms with Crippen molar-refractivity contribution in [2.45, 2.75) is 13.5 Å². The predicted octanol–water partition coefficient (Wildman–Crippen LogP) is 3.19. The Morgan fingerprint density at radius 2 is 2.04 bits per heavy atom. The number of nitrogens with one attached hydrogen (secondary N) is 1. The third-order valence-electron chi connectivity index (χ3n) is 3.48. The van der Waals surface area contributed by atoms with E-state index in [9.17, 15) is 14.0 Å². The van der Waals surface area contributed by atoms with Gasteiger partial charge in [-0.3, -0.25) is 9.59 Å². The monoisotopic (exact) mass is 326 g/mol. The first-order valence-corrected chi connectivity index (χ1v) is 7.34. The number of hydrogen-bond donors (Lipinski definition) is 1. The average molecular weight is 326 g/mol. The molecule has 1 aromatic carbocycles. The molecule has 0 spiro atoms. The number of hydrogen-bond acceptors (Lipinski definition) is 3. The van der Waals surface area contributed by atoms with Gasteiger partial charge in [-0.15, -0.1) is 0 Å². The molecule has 122 valence electrons. The molecule has 3 rings (SSSR count). The summed E-state index contributed by atoms with van der Waals surface area (Å²) < 4.78 is 20.6. The Labute approximate surface area is 137 Å². The Kier molecular flexibility index (Phi) is 4.29. The van der Waals surface area contributed by atoms with Crippen molar-refractivity contribution in [1.29, 1.82) is 0 Å². The Bertz CT molecular complexity index is 943. The van der Waals surface area contributed by atoms with E-state index in [1.165, 1.54) is 22.8 Å². The van der Waals surface area contributed by atoms with Crippen molar-refractivity contribution in [3.8, 4) is 0 Å². The van der Waals surface area contributed by atoms with Gasteiger partial charge < -0.3 is 14.3 Å². The van der Waals surface area contributed by atoms with E-state index >= 15 is 0 Å². The van der Waals surface area contributed by atoms with Crippen LogP contribution in [-0.2, 0) is 6.54 Å². The minimum Gasteiger partial charge on any atom is -0.454 e. The van der Waals surface area contributed by atoms with Crippen LogP contribution in [0.4, 0.5) is 10.1 Å². The number of benzene rings is 1. The first-order chi connectivity index (χ1) is 11.5. The quantitative estimate of drug-likeness (QED) is 0.801. The summed E-state index contributed by atoms with van der Waals surface area (Å²) in [4.78, 5) is 23.8. The fourth-order valence-electron chi connectivity index (χ4n) is 2.26. The van der Waals surface area contributed by atoms with E-state index < -0.39 is 11.7 Å². The van der Waals surface area contributed by atoms with Gasteiger partial charge in [0, 0.05) is 12.3 Å². The van der Waals surface area contributed by atoms with Crippen molar-refractivity contribution in [3.63, 3.8) is 0 Å². The number of nitrogens with zero attached hydrogens (tertiary/aromatic N) is 1. The number of halogens is 1. The molecule has 2 heterocycles. The molecule has 0 radical (unpaired) electrons. The van der Waals surface area contributed by atoms with Crippen molar-refractivity contribution >= 4 is 11.6 Å². The predicted molar refractivity (Wildman–Crippen MR) is 87.6 cm³/mol. The summed E-state index contributed by atoms with van der Waals surface area (Å²) in [7, 11) is 0. The van der Waals surface area contributed by atoms with Gasteiger partial charge in [-0.25, -0.2) is 4.39 Å². The zero-order valence-electron chi connectivity index (χ0n) is 13.0. The summed E-state index contributed by atoms with van der Waals surface area (Å²) in [5, 5.41) is 2.48. The van der Waals surface area contributed by atoms with Gasteiger partial charge in [0.05, 0.1) is 12.2 Å². The lowest BCUT2D eigenvalue weighted by molar-refractivity contribution is 0.0994. The molecule has 0 atom stereocenters. The standard InChI is InChI=1S/C18H15FN2O3/c1-12-5-7-14(19)15(10-12)20-18(23)16-8-6-13(24-16)11-21-9-3-2-4-17(21)22/h2-10H,11H2,1H3,(H,20,23). The minimum absolute atomic E-state index is 0.0508. The van der Waals surface area contributed by atoms with Crippen LogP contribution in [0.3, 0.4) is 0 Å². The van der Waals surface area contributed by atoms with Crippen molar-refractivity contribution in [1.82, 2.24) is 4.57 Å². The van der Waals surface area contributed by atoms with E-state index in [-0.39, 0.29) is 23.6 Å². The summed E-state index contributed by atoms with van der Waals surface area (Å²) in [5.74, 6) is -0.559. The van der Waals surface area contributed by atoms with Crippen LogP contribution >= 0.6 is 0 Å². The second-order valence-electron chi connectivity index (χ2n) is 5.37. The largest absolute Gasteiger partial charge is 0.454 e. The van der Waals surface area contributed by atoms with Crippen molar-refractivity contribution in [2.24, 2.45) is 0 Å². The van der Waals surface area contributed by atoms with E-state index in [2.05, 4.69) is 5.32 Å². The fraction of sp³-hybridized carbons (Fsp3) is 0.111. The van der Waals surface area contributed by atoms with Gasteiger partial charge in [0.2, 0.25) is 0 Å². The van der Waals surface area contributed by atoms with E-state index in [1.54, 1.807) is 43.5 Å². The van der Waals surface area contributed by atoms with Crippen molar-refractivity contribution in [3.05, 3.63) is 88.0 Å². The Morgan fingerprint density at radius 3 is 2.83 bits per heavy atom. The fourth-order valence-corrected chi connectivity index (χ4v) is 2.26. The van der Waals surface area contributed by atoms with Gasteiger partial charge in [-0.2, -0.15) is 0 Å². The summed E-state index contributed by atoms with van der Waals surface area (Å²) in [6.45, 7) is 2.02. The normalized spacial score (nSPS) is 10.6. The topological polar surface area (TPSA) is 64.2 Å². The number of carbonyl (C=O) groups is 1. The maximum Gasteiger partial charge on any atom is 0.291 e. The summed E-state index contributed by atoms with van der Waals surface area (Å²) in [6, 6.07) is 12.4. The van der Waals surface area contributed by atoms with E-state index in [4.69, 9.17) is 4.42 Å². The van der Waals surface area contributed by atoms with Crippen LogP contribution in [-0.4, -0.2) is 10.5 Å². The summed E-state index contributed by atoms with van der Waals surface area (Å²) >= 11 is 0. The highest BCUT2D eigenvalue weighted by Gasteiger charge is 2.14. The van der Waals surface area contributed by atoms with E-state index in [0.717, 1.165) is 5.56 Å². The van der Waals surface area contributed by atoms with Crippen molar-refractivity contribution in [2.75, 3.05) is 5.32 Å². The molecule has 6 heteroatoms. The van der Waals surface area contributed by atoms with E-state index in [0.29, 0.717) is 5.76 Å². The molecule has 0 aliphatic rings. The van der Waals surface area contributed by atoms with Gasteiger partial charge in [0.15, 0.2) is 5.76 Å². The highest BCUT2D eigenvalue weighted by molar-refractivity contribution is 6.02. The van der Waals surface area contributed by atoms with Crippen LogP contribution in [0.1, 0.15) is 21.9 Å². The molecule has 24 heavy (non-hydrogen) atoms. The number of carbonyl (C=O) groups excluding carboxylic acids is 1. The zero-order chi connectivity index (χ0) is 17.1. The number of amides is 1. The third-order valence-corrected chi connectivity index (χ3v) is 3.48. The Hall–Kier alpha value is -3.15. The average Bonchev–Trinajstić information content (AvgIpc) is 3.02. The maximum absolute atomic E-state index is 13.7. The number of aryl methyl sites for hydroxylation is 1. The second-order valence-corrected chi connectivity index (χ2v) is 5.37. The van der Waals surface area contributed by atoms with Gasteiger partial charge in [-0.1, -0.05) is 12.1 Å². The number of rotatable bonds is 4. The van der Waals surface area contributed by atoms with Gasteiger partial charge in [0.1, 0.15) is 11.6 Å². The Morgan fingerprint density at radius 1 is 1.21 bits per heavy atom. The van der Waals surface area contributed by atoms with Gasteiger partial charge in [-0.05, 0) is 42.8 Å². The molecule has 0 bridgehead atoms. The SMILES string of the molecule is Cc1ccc(F)c(NC(=O)c2ccc(Cn3ccccc3=O)o2)c1. The molecule has 2 aromatic heterocycles. The summed E-state index contributed by atoms with van der Waals surface area (Å²) in [5.41, 5.74) is 0.759. The molecule has 0 aliphatic heterocycles. The highest BCUT2D eigenvalue weighted by atomic mass is 19.1. The van der Waals surface area contributed by atoms with Crippen molar-refractivity contribution < 1.29 is 13.6 Å². The lowest BCUT2D eigenvalue weighted by atomic mass is 10.2. The van der Waals surface area contributed by atoms with E-state index in [1.807, 2.05) is 0 Å². The zero-order valence-corrected chi connectivity index (χ0v) is 13.0. The summed E-state index contributed by atoms with van der Waals surface area (Å²) in [6.07, 6.45) is 1.63. The Balaban J connectivity index is 1.75. The molecule has 0 saturated carbocycles. The second kappa shape index (κ2) is 6.54. The molecule has 0 aliphatic carbocycles. The number of anilines is 1. The van der Waals surface area contributed by atoms with Gasteiger partial charge >= 0.3 is 0 Å². The first kappa shape index (κ1) is 15.7. The van der Waals surface area contributed by atoms with Crippen LogP contribution in [0, 0.1) is 12.7 Å². The lowest BCUT2D eigenvalue weighted by Gasteiger charge is -2.06. The van der Waals surface area contributed by atoms with Crippen LogP contribution < -0.4 is 10.9 Å². The molecule has 1 amide bonds. The number of furan rings is 1. The molecular formula is C18H15FN2O3. The maximum atomic E-state index is 13.7. The van der Waals surface area contributed by atoms with Crippen LogP contribution in [0.15, 0.2) is 63.9 Å². The molecule has 1 N–H and O–H groups in total. The molecule has 3 aromatic rings. The molecule has 0 unspecified atom stereocenters. The highest BCUT2D eigenvalue weighted by Crippen LogP contribution is 2.17. The van der Waals surface area contributed by atoms with Gasteiger partial charge in [0.25, 0.3) is 11.5 Å². The molecule has 0 saturated heterocycles. The number of aromatic nitrogens is 1. The smallest absolute Gasteiger partial charge is 0.291 e. The molecule has 0 fully saturated rings. The molecule has 5 nitrogen and oxygen atoms in total. The third kappa shape index (κ3) is 3.43. The van der Waals surface area contributed by atoms with Crippen LogP contribution in [0.5, 0.6) is 0 Å². The number of pyridine rings is 1. The van der Waals surface area contributed by atoms with Crippen LogP contribution in [0.25, 0.3) is 0 Å². The first-order valence-electron chi connectivity index (χ1n) is 7.34. The van der Waals surface area contributed by atoms with Crippen LogP contribution in [0.2, 0.25) is 0 Å². The lowest BCUT2D eigenvalue weighted by Crippen LogP contribution is -2.18. The minimum atomic E-state index is -0.550.